The summed E-state index contributed by atoms with van der Waals surface area (Å²) in [5, 5.41) is 4.12. The Morgan fingerprint density at radius 1 is 1.47 bits per heavy atom. The van der Waals surface area contributed by atoms with Crippen LogP contribution in [0.25, 0.3) is 0 Å². The molecule has 1 aliphatic rings. The maximum Gasteiger partial charge on any atom is 0.145 e. The van der Waals surface area contributed by atoms with E-state index in [0.717, 1.165) is 12.0 Å². The van der Waals surface area contributed by atoms with Crippen molar-refractivity contribution in [2.75, 3.05) is 0 Å². The van der Waals surface area contributed by atoms with Crippen molar-refractivity contribution < 1.29 is 4.79 Å². The first-order valence-corrected chi connectivity index (χ1v) is 6.10. The van der Waals surface area contributed by atoms with Gasteiger partial charge in [-0.1, -0.05) is 29.8 Å². The standard InChI is InChI=1S/C13H15ClN2O/c1-13(10-4-2-3-5-11(10)14)7-6-9(16-15)8-12(13)17/h2-5,9,15H,6-8H2,1H3. The molecule has 90 valence electrons. The van der Waals surface area contributed by atoms with E-state index < -0.39 is 5.41 Å². The number of hydrogen-bond acceptors (Lipinski definition) is 3. The molecule has 1 aromatic rings. The number of hydrogen-bond donors (Lipinski definition) is 1. The Morgan fingerprint density at radius 2 is 2.18 bits per heavy atom. The van der Waals surface area contributed by atoms with Crippen molar-refractivity contribution in [3.8, 4) is 0 Å². The summed E-state index contributed by atoms with van der Waals surface area (Å²) in [7, 11) is 0. The number of carbonyl (C=O) groups is 1. The van der Waals surface area contributed by atoms with Crippen LogP contribution in [0.4, 0.5) is 0 Å². The molecule has 1 aliphatic carbocycles. The van der Waals surface area contributed by atoms with Gasteiger partial charge in [-0.25, -0.2) is 5.53 Å². The highest BCUT2D eigenvalue weighted by molar-refractivity contribution is 6.31. The van der Waals surface area contributed by atoms with E-state index in [1.807, 2.05) is 31.2 Å². The van der Waals surface area contributed by atoms with E-state index in [-0.39, 0.29) is 11.8 Å². The Morgan fingerprint density at radius 3 is 2.76 bits per heavy atom. The van der Waals surface area contributed by atoms with Crippen LogP contribution in [0.3, 0.4) is 0 Å². The Balaban J connectivity index is 2.35. The van der Waals surface area contributed by atoms with Gasteiger partial charge in [-0.2, -0.15) is 5.11 Å². The third-order valence-electron chi connectivity index (χ3n) is 3.66. The van der Waals surface area contributed by atoms with E-state index >= 15 is 0 Å². The molecular weight excluding hydrogens is 236 g/mol. The fourth-order valence-corrected chi connectivity index (χ4v) is 2.78. The third kappa shape index (κ3) is 2.12. The van der Waals surface area contributed by atoms with Gasteiger partial charge in [0.1, 0.15) is 5.78 Å². The van der Waals surface area contributed by atoms with E-state index in [1.54, 1.807) is 0 Å². The number of benzene rings is 1. The maximum atomic E-state index is 12.2. The predicted octanol–water partition coefficient (Wildman–Crippen LogP) is 3.75. The van der Waals surface area contributed by atoms with Gasteiger partial charge in [-0.05, 0) is 31.4 Å². The van der Waals surface area contributed by atoms with Gasteiger partial charge in [0, 0.05) is 11.4 Å². The molecule has 17 heavy (non-hydrogen) atoms. The summed E-state index contributed by atoms with van der Waals surface area (Å²) in [5.74, 6) is 0.137. The van der Waals surface area contributed by atoms with Crippen LogP contribution in [0.1, 0.15) is 31.7 Å². The monoisotopic (exact) mass is 250 g/mol. The van der Waals surface area contributed by atoms with Crippen molar-refractivity contribution in [2.24, 2.45) is 5.11 Å². The Kier molecular flexibility index (Phi) is 3.29. The van der Waals surface area contributed by atoms with Gasteiger partial charge < -0.3 is 0 Å². The number of nitrogens with one attached hydrogen (secondary N) is 1. The first kappa shape index (κ1) is 12.2. The average Bonchev–Trinajstić information content (AvgIpc) is 2.33. The molecule has 2 unspecified atom stereocenters. The van der Waals surface area contributed by atoms with Crippen molar-refractivity contribution in [1.29, 1.82) is 5.53 Å². The minimum atomic E-state index is -0.514. The summed E-state index contributed by atoms with van der Waals surface area (Å²) in [5.41, 5.74) is 7.39. The maximum absolute atomic E-state index is 12.2. The molecule has 0 aliphatic heterocycles. The summed E-state index contributed by atoms with van der Waals surface area (Å²) in [6.45, 7) is 1.94. The number of Topliss-reactive ketones (excluding diaryl/α,β-unsaturated/α-hetero) is 1. The highest BCUT2D eigenvalue weighted by Crippen LogP contribution is 2.40. The SMILES string of the molecule is CC1(c2ccccc2Cl)CCC(N=N)CC1=O. The summed E-state index contributed by atoms with van der Waals surface area (Å²) in [4.78, 5) is 12.2. The summed E-state index contributed by atoms with van der Waals surface area (Å²) in [6, 6.07) is 7.36. The molecule has 0 bridgehead atoms. The molecule has 0 radical (unpaired) electrons. The number of ketones is 1. The number of rotatable bonds is 2. The molecule has 0 spiro atoms. The van der Waals surface area contributed by atoms with Crippen LogP contribution in [0, 0.1) is 5.53 Å². The van der Waals surface area contributed by atoms with Crippen LogP contribution in [0.5, 0.6) is 0 Å². The lowest BCUT2D eigenvalue weighted by atomic mass is 9.69. The first-order chi connectivity index (χ1) is 8.08. The summed E-state index contributed by atoms with van der Waals surface area (Å²) < 4.78 is 0. The quantitative estimate of drug-likeness (QED) is 0.799. The lowest BCUT2D eigenvalue weighted by Gasteiger charge is -2.35. The van der Waals surface area contributed by atoms with Crippen molar-refractivity contribution in [3.63, 3.8) is 0 Å². The fraction of sp³-hybridized carbons (Fsp3) is 0.462. The van der Waals surface area contributed by atoms with Crippen molar-refractivity contribution in [2.45, 2.75) is 37.6 Å². The number of nitrogens with zero attached hydrogens (tertiary/aromatic N) is 1. The van der Waals surface area contributed by atoms with E-state index in [4.69, 9.17) is 17.1 Å². The highest BCUT2D eigenvalue weighted by Gasteiger charge is 2.41. The Labute approximate surface area is 106 Å². The van der Waals surface area contributed by atoms with Crippen LogP contribution < -0.4 is 0 Å². The number of halogens is 1. The van der Waals surface area contributed by atoms with Crippen LogP contribution in [-0.4, -0.2) is 11.8 Å². The van der Waals surface area contributed by atoms with Crippen LogP contribution in [-0.2, 0) is 10.2 Å². The normalized spacial score (nSPS) is 29.1. The first-order valence-electron chi connectivity index (χ1n) is 5.73. The highest BCUT2D eigenvalue weighted by atomic mass is 35.5. The van der Waals surface area contributed by atoms with Gasteiger partial charge in [-0.3, -0.25) is 4.79 Å². The molecular formula is C13H15ClN2O. The second-order valence-electron chi connectivity index (χ2n) is 4.76. The van der Waals surface area contributed by atoms with Crippen molar-refractivity contribution >= 4 is 17.4 Å². The topological polar surface area (TPSA) is 53.3 Å². The van der Waals surface area contributed by atoms with Gasteiger partial charge in [0.05, 0.1) is 11.5 Å². The molecule has 2 atom stereocenters. The van der Waals surface area contributed by atoms with Crippen LogP contribution in [0.2, 0.25) is 5.02 Å². The zero-order chi connectivity index (χ0) is 12.5. The lowest BCUT2D eigenvalue weighted by Crippen LogP contribution is -2.39. The Bertz CT molecular complexity index is 460. The van der Waals surface area contributed by atoms with Gasteiger partial charge in [0.25, 0.3) is 0 Å². The molecule has 1 fully saturated rings. The van der Waals surface area contributed by atoms with Crippen molar-refractivity contribution in [3.05, 3.63) is 34.9 Å². The largest absolute Gasteiger partial charge is 0.299 e. The molecule has 1 aromatic carbocycles. The molecule has 1 N–H and O–H groups in total. The molecule has 0 saturated heterocycles. The second kappa shape index (κ2) is 4.57. The molecule has 3 nitrogen and oxygen atoms in total. The van der Waals surface area contributed by atoms with Gasteiger partial charge in [-0.15, -0.1) is 0 Å². The average molecular weight is 251 g/mol. The zero-order valence-corrected chi connectivity index (χ0v) is 10.5. The molecule has 1 saturated carbocycles. The minimum Gasteiger partial charge on any atom is -0.299 e. The Hall–Kier alpha value is -1.22. The summed E-state index contributed by atoms with van der Waals surface area (Å²) >= 11 is 6.17. The van der Waals surface area contributed by atoms with Crippen molar-refractivity contribution in [1.82, 2.24) is 0 Å². The van der Waals surface area contributed by atoms with Gasteiger partial charge >= 0.3 is 0 Å². The lowest BCUT2D eigenvalue weighted by molar-refractivity contribution is -0.126. The molecule has 0 aromatic heterocycles. The van der Waals surface area contributed by atoms with E-state index in [2.05, 4.69) is 5.11 Å². The minimum absolute atomic E-state index is 0.137. The second-order valence-corrected chi connectivity index (χ2v) is 5.17. The molecule has 0 heterocycles. The summed E-state index contributed by atoms with van der Waals surface area (Å²) in [6.07, 6.45) is 1.84. The van der Waals surface area contributed by atoms with E-state index in [0.29, 0.717) is 17.9 Å². The van der Waals surface area contributed by atoms with E-state index in [1.165, 1.54) is 0 Å². The molecule has 0 amide bonds. The number of carbonyl (C=O) groups excluding carboxylic acids is 1. The predicted molar refractivity (Wildman–Crippen MR) is 66.6 cm³/mol. The zero-order valence-electron chi connectivity index (χ0n) is 9.74. The van der Waals surface area contributed by atoms with Crippen LogP contribution >= 0.6 is 11.6 Å². The molecule has 2 rings (SSSR count). The van der Waals surface area contributed by atoms with Gasteiger partial charge in [0.2, 0.25) is 0 Å². The fourth-order valence-electron chi connectivity index (χ4n) is 2.44. The smallest absolute Gasteiger partial charge is 0.145 e. The van der Waals surface area contributed by atoms with Crippen LogP contribution in [0.15, 0.2) is 29.4 Å². The molecule has 4 heteroatoms. The van der Waals surface area contributed by atoms with E-state index in [9.17, 15) is 4.79 Å². The third-order valence-corrected chi connectivity index (χ3v) is 3.99. The van der Waals surface area contributed by atoms with Gasteiger partial charge in [0.15, 0.2) is 0 Å².